The van der Waals surface area contributed by atoms with E-state index in [9.17, 15) is 5.11 Å². The minimum atomic E-state index is -2.62. The first-order valence-electron chi connectivity index (χ1n) is 11.8. The SMILES string of the molecule is [2H]C([2H])(NC(C)C)C(O)COc1ccc(CCOC([2H])([2H])C2([2H])C([2H])([2H])C2([2H])C)cc1. The van der Waals surface area contributed by atoms with E-state index in [1.807, 2.05) is 0 Å². The summed E-state index contributed by atoms with van der Waals surface area (Å²) >= 11 is 0. The Kier molecular flexibility index (Phi) is 4.03. The third-order valence-electron chi connectivity index (χ3n) is 3.16. The molecule has 130 valence electrons. The zero-order valence-electron chi connectivity index (χ0n) is 21.8. The van der Waals surface area contributed by atoms with Crippen molar-refractivity contribution in [2.75, 3.05) is 26.3 Å². The Morgan fingerprint density at radius 3 is 2.74 bits per heavy atom. The van der Waals surface area contributed by atoms with Crippen molar-refractivity contribution in [3.8, 4) is 5.75 Å². The predicted molar refractivity (Wildman–Crippen MR) is 92.9 cm³/mol. The number of aliphatic hydroxyl groups excluding tert-OH is 1. The molecule has 4 heteroatoms. The summed E-state index contributed by atoms with van der Waals surface area (Å²) in [5, 5.41) is 12.6. The number of benzene rings is 1. The van der Waals surface area contributed by atoms with Crippen LogP contribution >= 0.6 is 0 Å². The van der Waals surface area contributed by atoms with Gasteiger partial charge in [0.05, 0.1) is 9.35 Å². The van der Waals surface area contributed by atoms with Crippen molar-refractivity contribution in [3.63, 3.8) is 0 Å². The summed E-state index contributed by atoms with van der Waals surface area (Å²) in [6.07, 6.45) is -3.38. The number of hydrogen-bond donors (Lipinski definition) is 2. The number of nitrogens with one attached hydrogen (secondary N) is 1. The van der Waals surface area contributed by atoms with E-state index in [0.717, 1.165) is 5.56 Å². The smallest absolute Gasteiger partial charge is 0.119 e. The molecule has 1 fully saturated rings. The molecule has 4 nitrogen and oxygen atoms in total. The first kappa shape index (κ1) is 10.0. The van der Waals surface area contributed by atoms with Gasteiger partial charge in [-0.05, 0) is 42.3 Å². The van der Waals surface area contributed by atoms with Crippen molar-refractivity contribution in [1.29, 1.82) is 0 Å². The Morgan fingerprint density at radius 1 is 1.43 bits per heavy atom. The largest absolute Gasteiger partial charge is 0.491 e. The molecular formula is C19H31NO3. The highest BCUT2D eigenvalue weighted by Crippen LogP contribution is 2.37. The van der Waals surface area contributed by atoms with Gasteiger partial charge in [0.2, 0.25) is 0 Å². The van der Waals surface area contributed by atoms with Gasteiger partial charge < -0.3 is 19.9 Å². The molecule has 1 aliphatic rings. The van der Waals surface area contributed by atoms with Crippen molar-refractivity contribution in [1.82, 2.24) is 5.32 Å². The summed E-state index contributed by atoms with van der Waals surface area (Å²) in [5.74, 6) is -3.77. The summed E-state index contributed by atoms with van der Waals surface area (Å²) < 4.78 is 73.6. The topological polar surface area (TPSA) is 50.7 Å². The predicted octanol–water partition coefficient (Wildman–Crippen LogP) is 2.64. The Hall–Kier alpha value is -1.10. The highest BCUT2D eigenvalue weighted by molar-refractivity contribution is 5.27. The second kappa shape index (κ2) is 9.26. The van der Waals surface area contributed by atoms with Crippen LogP contribution in [0.3, 0.4) is 0 Å². The van der Waals surface area contributed by atoms with Crippen molar-refractivity contribution in [2.24, 2.45) is 11.8 Å². The molecule has 1 saturated carbocycles. The lowest BCUT2D eigenvalue weighted by atomic mass is 10.1. The first-order valence-corrected chi connectivity index (χ1v) is 7.81. The van der Waals surface area contributed by atoms with E-state index in [4.69, 9.17) is 20.4 Å². The maximum Gasteiger partial charge on any atom is 0.119 e. The van der Waals surface area contributed by atoms with Gasteiger partial charge in [0, 0.05) is 27.3 Å². The number of aliphatic hydroxyl groups is 1. The monoisotopic (exact) mass is 329 g/mol. The van der Waals surface area contributed by atoms with Crippen LogP contribution in [-0.4, -0.2) is 43.5 Å². The summed E-state index contributed by atoms with van der Waals surface area (Å²) in [7, 11) is 0. The molecule has 23 heavy (non-hydrogen) atoms. The van der Waals surface area contributed by atoms with Crippen LogP contribution in [0, 0.1) is 11.8 Å². The Bertz CT molecular complexity index is 741. The third-order valence-corrected chi connectivity index (χ3v) is 3.16. The molecular weight excluding hydrogens is 290 g/mol. The minimum Gasteiger partial charge on any atom is -0.491 e. The van der Waals surface area contributed by atoms with Crippen molar-refractivity contribution >= 4 is 0 Å². The second-order valence-electron chi connectivity index (χ2n) is 5.74. The third kappa shape index (κ3) is 7.34. The molecule has 3 unspecified atom stereocenters. The Morgan fingerprint density at radius 2 is 2.13 bits per heavy atom. The summed E-state index contributed by atoms with van der Waals surface area (Å²) in [5.41, 5.74) is 0.784. The molecule has 1 aromatic rings. The average molecular weight is 330 g/mol. The zero-order chi connectivity index (χ0) is 23.9. The Balaban J connectivity index is 1.84. The van der Waals surface area contributed by atoms with Crippen LogP contribution in [-0.2, 0) is 11.2 Å². The molecule has 0 radical (unpaired) electrons. The van der Waals surface area contributed by atoms with E-state index in [0.29, 0.717) is 12.2 Å². The van der Waals surface area contributed by atoms with Gasteiger partial charge in [-0.25, -0.2) is 0 Å². The number of hydrogen-bond acceptors (Lipinski definition) is 4. The molecule has 0 amide bonds. The fourth-order valence-electron chi connectivity index (χ4n) is 1.78. The maximum atomic E-state index is 10.0. The highest BCUT2D eigenvalue weighted by atomic mass is 16.5. The normalized spacial score (nSPS) is 36.4. The molecule has 3 atom stereocenters. The van der Waals surface area contributed by atoms with Gasteiger partial charge >= 0.3 is 0 Å². The second-order valence-corrected chi connectivity index (χ2v) is 5.74. The van der Waals surface area contributed by atoms with E-state index in [2.05, 4.69) is 5.32 Å². The van der Waals surface area contributed by atoms with Gasteiger partial charge in [-0.3, -0.25) is 0 Å². The highest BCUT2D eigenvalue weighted by Gasteiger charge is 2.32. The van der Waals surface area contributed by atoms with E-state index in [1.165, 1.54) is 6.92 Å². The lowest BCUT2D eigenvalue weighted by molar-refractivity contribution is 0.104. The van der Waals surface area contributed by atoms with Crippen LogP contribution in [0.1, 0.15) is 43.7 Å². The Labute approximate surface area is 151 Å². The molecule has 0 spiro atoms. The molecule has 2 N–H and O–H groups in total. The van der Waals surface area contributed by atoms with Crippen molar-refractivity contribution in [3.05, 3.63) is 29.8 Å². The van der Waals surface area contributed by atoms with Gasteiger partial charge in [0.25, 0.3) is 0 Å². The average Bonchev–Trinajstić information content (AvgIpc) is 2.97. The number of rotatable bonds is 11. The van der Waals surface area contributed by atoms with E-state index >= 15 is 0 Å². The van der Waals surface area contributed by atoms with Crippen molar-refractivity contribution < 1.29 is 25.5 Å². The molecule has 1 aliphatic carbocycles. The fourth-order valence-corrected chi connectivity index (χ4v) is 1.78. The van der Waals surface area contributed by atoms with E-state index < -0.39 is 37.3 Å². The van der Waals surface area contributed by atoms with Crippen LogP contribution in [0.25, 0.3) is 0 Å². The standard InChI is InChI=1S/C19H31NO3/c1-14(2)20-11-18(21)13-23-19-6-4-16(5-7-19)8-9-22-12-17-10-15(17)3/h4-7,14-15,17-18,20-21H,8-13H2,1-3H3/i10D2,11D2,12D2,15D,17D. The van der Waals surface area contributed by atoms with Gasteiger partial charge in [-0.2, -0.15) is 0 Å². The van der Waals surface area contributed by atoms with Crippen LogP contribution < -0.4 is 10.1 Å². The van der Waals surface area contributed by atoms with Gasteiger partial charge in [0.1, 0.15) is 18.5 Å². The summed E-state index contributed by atoms with van der Waals surface area (Å²) in [6, 6.07) is 6.55. The van der Waals surface area contributed by atoms with Crippen LogP contribution in [0.15, 0.2) is 24.3 Å². The maximum absolute atomic E-state index is 10.0. The van der Waals surface area contributed by atoms with Crippen LogP contribution in [0.2, 0.25) is 0 Å². The lowest BCUT2D eigenvalue weighted by Crippen LogP contribution is -2.35. The molecule has 0 bridgehead atoms. The summed E-state index contributed by atoms with van der Waals surface area (Å²) in [4.78, 5) is 0. The summed E-state index contributed by atoms with van der Waals surface area (Å²) in [6.45, 7) is -0.206. The number of ether oxygens (including phenoxy) is 2. The van der Waals surface area contributed by atoms with E-state index in [-0.39, 0.29) is 19.3 Å². The fraction of sp³-hybridized carbons (Fsp3) is 0.684. The van der Waals surface area contributed by atoms with Gasteiger partial charge in [-0.15, -0.1) is 0 Å². The molecule has 1 aromatic carbocycles. The molecule has 2 rings (SSSR count). The zero-order valence-corrected chi connectivity index (χ0v) is 13.8. The van der Waals surface area contributed by atoms with Gasteiger partial charge in [0.15, 0.2) is 0 Å². The van der Waals surface area contributed by atoms with Crippen molar-refractivity contribution in [2.45, 2.75) is 45.7 Å². The first-order chi connectivity index (χ1) is 14.0. The molecule has 0 aliphatic heterocycles. The van der Waals surface area contributed by atoms with Gasteiger partial charge in [-0.1, -0.05) is 32.9 Å². The van der Waals surface area contributed by atoms with Crippen LogP contribution in [0.5, 0.6) is 5.75 Å². The molecule has 0 aromatic heterocycles. The minimum absolute atomic E-state index is 0.0974. The van der Waals surface area contributed by atoms with E-state index in [1.54, 1.807) is 38.1 Å². The molecule has 0 heterocycles. The molecule has 0 saturated heterocycles. The van der Waals surface area contributed by atoms with Crippen LogP contribution in [0.4, 0.5) is 0 Å². The lowest BCUT2D eigenvalue weighted by Gasteiger charge is -2.15. The quantitative estimate of drug-likeness (QED) is 0.655.